The van der Waals surface area contributed by atoms with Gasteiger partial charge in [0.1, 0.15) is 12.9 Å². The van der Waals surface area contributed by atoms with Gasteiger partial charge in [-0.25, -0.2) is 0 Å². The van der Waals surface area contributed by atoms with Gasteiger partial charge in [0.05, 0.1) is 5.60 Å². The highest BCUT2D eigenvalue weighted by molar-refractivity contribution is 5.67. The molecule has 0 spiro atoms. The van der Waals surface area contributed by atoms with Crippen molar-refractivity contribution in [3.05, 3.63) is 41.0 Å². The van der Waals surface area contributed by atoms with E-state index in [1.165, 1.54) is 16.7 Å². The standard InChI is InChI=1S/C13H14O2/c1-13(2)11-7-9-5-3-4-6-10(9)12(11)14-8-15-13/h3-7,12H,8H2,1-2H3. The number of fused-ring (bicyclic) bond motifs is 3. The molecule has 1 fully saturated rings. The van der Waals surface area contributed by atoms with Crippen LogP contribution in [0.4, 0.5) is 0 Å². The lowest BCUT2D eigenvalue weighted by molar-refractivity contribution is -0.173. The summed E-state index contributed by atoms with van der Waals surface area (Å²) in [5, 5.41) is 0. The molecule has 2 aliphatic rings. The first-order chi connectivity index (χ1) is 7.18. The van der Waals surface area contributed by atoms with E-state index in [4.69, 9.17) is 9.47 Å². The van der Waals surface area contributed by atoms with Gasteiger partial charge in [0.2, 0.25) is 0 Å². The lowest BCUT2D eigenvalue weighted by Gasteiger charge is -2.36. The Morgan fingerprint density at radius 1 is 1.27 bits per heavy atom. The van der Waals surface area contributed by atoms with E-state index in [1.54, 1.807) is 0 Å². The normalized spacial score (nSPS) is 26.8. The number of benzene rings is 1. The van der Waals surface area contributed by atoms with Crippen molar-refractivity contribution in [1.29, 1.82) is 0 Å². The molecule has 1 atom stereocenters. The van der Waals surface area contributed by atoms with E-state index >= 15 is 0 Å². The van der Waals surface area contributed by atoms with Crippen LogP contribution in [0.25, 0.3) is 6.08 Å². The third-order valence-corrected chi connectivity index (χ3v) is 3.22. The molecule has 2 heteroatoms. The SMILES string of the molecule is CC1(C)OCOC2C1=Cc1ccccc12. The van der Waals surface area contributed by atoms with Crippen LogP contribution < -0.4 is 0 Å². The van der Waals surface area contributed by atoms with Crippen molar-refractivity contribution in [2.45, 2.75) is 25.6 Å². The molecule has 2 nitrogen and oxygen atoms in total. The van der Waals surface area contributed by atoms with Crippen LogP contribution in [0.5, 0.6) is 0 Å². The highest BCUT2D eigenvalue weighted by atomic mass is 16.7. The maximum atomic E-state index is 5.67. The van der Waals surface area contributed by atoms with E-state index in [2.05, 4.69) is 44.2 Å². The Kier molecular flexibility index (Phi) is 1.79. The molecular formula is C13H14O2. The molecule has 1 aliphatic carbocycles. The number of hydrogen-bond donors (Lipinski definition) is 0. The first-order valence-electron chi connectivity index (χ1n) is 5.25. The van der Waals surface area contributed by atoms with Crippen LogP contribution in [0.1, 0.15) is 31.1 Å². The van der Waals surface area contributed by atoms with Crippen molar-refractivity contribution >= 4 is 6.08 Å². The summed E-state index contributed by atoms with van der Waals surface area (Å²) in [6.45, 7) is 4.57. The summed E-state index contributed by atoms with van der Waals surface area (Å²) in [7, 11) is 0. The maximum Gasteiger partial charge on any atom is 0.149 e. The predicted molar refractivity (Wildman–Crippen MR) is 58.3 cm³/mol. The average molecular weight is 202 g/mol. The first kappa shape index (κ1) is 9.13. The summed E-state index contributed by atoms with van der Waals surface area (Å²) in [4.78, 5) is 0. The molecule has 3 rings (SSSR count). The summed E-state index contributed by atoms with van der Waals surface area (Å²) in [5.41, 5.74) is 3.55. The van der Waals surface area contributed by atoms with Crippen molar-refractivity contribution in [2.24, 2.45) is 0 Å². The fourth-order valence-corrected chi connectivity index (χ4v) is 2.29. The van der Waals surface area contributed by atoms with Gasteiger partial charge in [0, 0.05) is 0 Å². The van der Waals surface area contributed by atoms with Gasteiger partial charge in [-0.1, -0.05) is 24.3 Å². The Morgan fingerprint density at radius 3 is 2.93 bits per heavy atom. The van der Waals surface area contributed by atoms with Crippen LogP contribution in [0.2, 0.25) is 0 Å². The van der Waals surface area contributed by atoms with Crippen molar-refractivity contribution in [2.75, 3.05) is 6.79 Å². The fourth-order valence-electron chi connectivity index (χ4n) is 2.29. The molecule has 78 valence electrons. The summed E-state index contributed by atoms with van der Waals surface area (Å²) in [6, 6.07) is 8.37. The minimum Gasteiger partial charge on any atom is -0.345 e. The van der Waals surface area contributed by atoms with E-state index in [1.807, 2.05) is 0 Å². The van der Waals surface area contributed by atoms with E-state index < -0.39 is 0 Å². The highest BCUT2D eigenvalue weighted by Gasteiger charge is 2.39. The monoisotopic (exact) mass is 202 g/mol. The van der Waals surface area contributed by atoms with Gasteiger partial charge in [-0.15, -0.1) is 0 Å². The molecule has 1 aromatic carbocycles. The van der Waals surface area contributed by atoms with Crippen molar-refractivity contribution in [1.82, 2.24) is 0 Å². The number of ether oxygens (including phenoxy) is 2. The third kappa shape index (κ3) is 1.25. The topological polar surface area (TPSA) is 18.5 Å². The molecule has 1 saturated heterocycles. The predicted octanol–water partition coefficient (Wildman–Crippen LogP) is 2.91. The van der Waals surface area contributed by atoms with Crippen LogP contribution in [0.15, 0.2) is 29.8 Å². The average Bonchev–Trinajstić information content (AvgIpc) is 2.58. The largest absolute Gasteiger partial charge is 0.345 e. The molecular weight excluding hydrogens is 188 g/mol. The smallest absolute Gasteiger partial charge is 0.149 e. The second-order valence-electron chi connectivity index (χ2n) is 4.55. The first-order valence-corrected chi connectivity index (χ1v) is 5.25. The third-order valence-electron chi connectivity index (χ3n) is 3.22. The summed E-state index contributed by atoms with van der Waals surface area (Å²) < 4.78 is 11.3. The zero-order valence-electron chi connectivity index (χ0n) is 8.99. The summed E-state index contributed by atoms with van der Waals surface area (Å²) in [6.07, 6.45) is 2.30. The van der Waals surface area contributed by atoms with Gasteiger partial charge in [0.15, 0.2) is 0 Å². The molecule has 1 heterocycles. The van der Waals surface area contributed by atoms with Gasteiger partial charge < -0.3 is 9.47 Å². The second-order valence-corrected chi connectivity index (χ2v) is 4.55. The molecule has 0 aromatic heterocycles. The second kappa shape index (κ2) is 2.94. The van der Waals surface area contributed by atoms with Crippen LogP contribution in [0, 0.1) is 0 Å². The molecule has 1 aromatic rings. The van der Waals surface area contributed by atoms with Gasteiger partial charge in [-0.3, -0.25) is 0 Å². The van der Waals surface area contributed by atoms with Crippen LogP contribution in [-0.4, -0.2) is 12.4 Å². The van der Waals surface area contributed by atoms with E-state index in [0.29, 0.717) is 6.79 Å². The lowest BCUT2D eigenvalue weighted by atomic mass is 9.93. The van der Waals surface area contributed by atoms with Crippen LogP contribution >= 0.6 is 0 Å². The molecule has 0 amide bonds. The summed E-state index contributed by atoms with van der Waals surface area (Å²) >= 11 is 0. The van der Waals surface area contributed by atoms with Gasteiger partial charge in [-0.2, -0.15) is 0 Å². The molecule has 1 aliphatic heterocycles. The Hall–Kier alpha value is -1.12. The zero-order chi connectivity index (χ0) is 10.5. The number of rotatable bonds is 0. The molecule has 15 heavy (non-hydrogen) atoms. The highest BCUT2D eigenvalue weighted by Crippen LogP contribution is 2.45. The molecule has 1 unspecified atom stereocenters. The summed E-state index contributed by atoms with van der Waals surface area (Å²) in [5.74, 6) is 0. The number of hydrogen-bond acceptors (Lipinski definition) is 2. The van der Waals surface area contributed by atoms with Crippen molar-refractivity contribution < 1.29 is 9.47 Å². The van der Waals surface area contributed by atoms with E-state index in [9.17, 15) is 0 Å². The quantitative estimate of drug-likeness (QED) is 0.644. The maximum absolute atomic E-state index is 5.67. The van der Waals surface area contributed by atoms with Gasteiger partial charge in [-0.05, 0) is 36.6 Å². The fraction of sp³-hybridized carbons (Fsp3) is 0.385. The zero-order valence-corrected chi connectivity index (χ0v) is 8.99. The Balaban J connectivity index is 2.12. The minimum atomic E-state index is -0.206. The molecule has 0 N–H and O–H groups in total. The lowest BCUT2D eigenvalue weighted by Crippen LogP contribution is -2.36. The van der Waals surface area contributed by atoms with Crippen molar-refractivity contribution in [3.8, 4) is 0 Å². The molecule has 0 saturated carbocycles. The van der Waals surface area contributed by atoms with Crippen LogP contribution in [-0.2, 0) is 9.47 Å². The Labute approximate surface area is 89.5 Å². The Morgan fingerprint density at radius 2 is 2.07 bits per heavy atom. The van der Waals surface area contributed by atoms with Gasteiger partial charge >= 0.3 is 0 Å². The minimum absolute atomic E-state index is 0.102. The molecule has 0 bridgehead atoms. The van der Waals surface area contributed by atoms with E-state index in [-0.39, 0.29) is 11.7 Å². The molecule has 0 radical (unpaired) electrons. The van der Waals surface area contributed by atoms with Gasteiger partial charge in [0.25, 0.3) is 0 Å². The van der Waals surface area contributed by atoms with Crippen molar-refractivity contribution in [3.63, 3.8) is 0 Å². The van der Waals surface area contributed by atoms with E-state index in [0.717, 1.165) is 0 Å². The Bertz CT molecular complexity index is 432. The van der Waals surface area contributed by atoms with Crippen LogP contribution in [0.3, 0.4) is 0 Å².